The molecule has 7 heteroatoms. The maximum absolute atomic E-state index is 11.4. The number of thiophene rings is 1. The standard InChI is InChI=1S/C13H23N3O2S2/c1-12-3-10-19-13(12)11-14-4-5-15-6-8-16(9-7-15)20(2,17)18/h3,10,14H,4-9,11H2,1-2H3. The van der Waals surface area contributed by atoms with Crippen LogP contribution >= 0.6 is 11.3 Å². The quantitative estimate of drug-likeness (QED) is 0.786. The molecular formula is C13H23N3O2S2. The normalized spacial score (nSPS) is 18.5. The highest BCUT2D eigenvalue weighted by Crippen LogP contribution is 2.14. The monoisotopic (exact) mass is 317 g/mol. The first-order valence-electron chi connectivity index (χ1n) is 6.88. The number of sulfonamides is 1. The van der Waals surface area contributed by atoms with E-state index in [1.807, 2.05) is 0 Å². The van der Waals surface area contributed by atoms with Crippen LogP contribution in [0.2, 0.25) is 0 Å². The second-order valence-electron chi connectivity index (χ2n) is 5.21. The summed E-state index contributed by atoms with van der Waals surface area (Å²) in [6.45, 7) is 7.86. The van der Waals surface area contributed by atoms with Crippen molar-refractivity contribution in [3.05, 3.63) is 21.9 Å². The van der Waals surface area contributed by atoms with E-state index in [2.05, 4.69) is 28.6 Å². The maximum Gasteiger partial charge on any atom is 0.211 e. The van der Waals surface area contributed by atoms with Gasteiger partial charge in [-0.05, 0) is 23.9 Å². The lowest BCUT2D eigenvalue weighted by molar-refractivity contribution is 0.189. The first-order chi connectivity index (χ1) is 9.47. The molecule has 0 aliphatic carbocycles. The third kappa shape index (κ3) is 4.53. The van der Waals surface area contributed by atoms with Gasteiger partial charge in [0, 0.05) is 50.7 Å². The zero-order chi connectivity index (χ0) is 14.6. The van der Waals surface area contributed by atoms with Crippen LogP contribution in [0.5, 0.6) is 0 Å². The van der Waals surface area contributed by atoms with Gasteiger partial charge in [0.15, 0.2) is 0 Å². The second-order valence-corrected chi connectivity index (χ2v) is 8.19. The van der Waals surface area contributed by atoms with E-state index >= 15 is 0 Å². The Morgan fingerprint density at radius 1 is 1.30 bits per heavy atom. The summed E-state index contributed by atoms with van der Waals surface area (Å²) in [4.78, 5) is 3.71. The molecule has 0 amide bonds. The van der Waals surface area contributed by atoms with Crippen LogP contribution in [0.1, 0.15) is 10.4 Å². The number of piperazine rings is 1. The van der Waals surface area contributed by atoms with Crippen molar-refractivity contribution in [1.82, 2.24) is 14.5 Å². The van der Waals surface area contributed by atoms with Crippen LogP contribution in [-0.4, -0.2) is 63.1 Å². The number of hydrogen-bond acceptors (Lipinski definition) is 5. The molecule has 1 aliphatic rings. The third-order valence-corrected chi connectivity index (χ3v) is 5.98. The fraction of sp³-hybridized carbons (Fsp3) is 0.692. The number of nitrogens with zero attached hydrogens (tertiary/aromatic N) is 2. The predicted octanol–water partition coefficient (Wildman–Crippen LogP) is 0.723. The molecule has 0 aromatic carbocycles. The second kappa shape index (κ2) is 7.00. The summed E-state index contributed by atoms with van der Waals surface area (Å²) in [6, 6.07) is 2.14. The van der Waals surface area contributed by atoms with Crippen LogP contribution in [0.4, 0.5) is 0 Å². The van der Waals surface area contributed by atoms with Crippen LogP contribution in [0.3, 0.4) is 0 Å². The minimum atomic E-state index is -3.02. The van der Waals surface area contributed by atoms with Crippen LogP contribution in [0.15, 0.2) is 11.4 Å². The molecular weight excluding hydrogens is 294 g/mol. The van der Waals surface area contributed by atoms with Crippen molar-refractivity contribution in [2.45, 2.75) is 13.5 Å². The molecule has 1 aliphatic heterocycles. The van der Waals surface area contributed by atoms with Gasteiger partial charge < -0.3 is 5.32 Å². The summed E-state index contributed by atoms with van der Waals surface area (Å²) in [6.07, 6.45) is 1.29. The summed E-state index contributed by atoms with van der Waals surface area (Å²) in [7, 11) is -3.02. The Balaban J connectivity index is 1.63. The Hall–Kier alpha value is -0.470. The zero-order valence-corrected chi connectivity index (χ0v) is 13.8. The predicted molar refractivity (Wildman–Crippen MR) is 83.6 cm³/mol. The van der Waals surface area contributed by atoms with Crippen LogP contribution in [0.25, 0.3) is 0 Å². The molecule has 20 heavy (non-hydrogen) atoms. The molecule has 1 aromatic heterocycles. The Kier molecular flexibility index (Phi) is 5.57. The van der Waals surface area contributed by atoms with Crippen molar-refractivity contribution in [2.24, 2.45) is 0 Å². The van der Waals surface area contributed by atoms with E-state index in [0.29, 0.717) is 13.1 Å². The molecule has 1 saturated heterocycles. The summed E-state index contributed by atoms with van der Waals surface area (Å²) in [5.74, 6) is 0. The van der Waals surface area contributed by atoms with Crippen molar-refractivity contribution in [3.8, 4) is 0 Å². The number of rotatable bonds is 6. The van der Waals surface area contributed by atoms with Crippen molar-refractivity contribution in [1.29, 1.82) is 0 Å². The molecule has 0 bridgehead atoms. The van der Waals surface area contributed by atoms with Crippen molar-refractivity contribution in [2.75, 3.05) is 45.5 Å². The van der Waals surface area contributed by atoms with E-state index in [9.17, 15) is 8.42 Å². The van der Waals surface area contributed by atoms with E-state index in [0.717, 1.165) is 32.7 Å². The number of aryl methyl sites for hydroxylation is 1. The SMILES string of the molecule is Cc1ccsc1CNCCN1CCN(S(C)(=O)=O)CC1. The Labute approximate surface area is 125 Å². The van der Waals surface area contributed by atoms with E-state index in [1.165, 1.54) is 16.7 Å². The Morgan fingerprint density at radius 3 is 2.55 bits per heavy atom. The molecule has 0 saturated carbocycles. The molecule has 2 heterocycles. The van der Waals surface area contributed by atoms with E-state index in [4.69, 9.17) is 0 Å². The lowest BCUT2D eigenvalue weighted by atomic mass is 10.3. The summed E-state index contributed by atoms with van der Waals surface area (Å²) >= 11 is 1.79. The number of hydrogen-bond donors (Lipinski definition) is 1. The highest BCUT2D eigenvalue weighted by atomic mass is 32.2. The van der Waals surface area contributed by atoms with Gasteiger partial charge in [0.25, 0.3) is 0 Å². The van der Waals surface area contributed by atoms with E-state index in [1.54, 1.807) is 15.6 Å². The smallest absolute Gasteiger partial charge is 0.211 e. The Morgan fingerprint density at radius 2 is 2.00 bits per heavy atom. The lowest BCUT2D eigenvalue weighted by Crippen LogP contribution is -2.49. The first-order valence-corrected chi connectivity index (χ1v) is 9.61. The molecule has 0 spiro atoms. The van der Waals surface area contributed by atoms with Gasteiger partial charge in [0.1, 0.15) is 0 Å². The van der Waals surface area contributed by atoms with Gasteiger partial charge in [-0.2, -0.15) is 4.31 Å². The maximum atomic E-state index is 11.4. The van der Waals surface area contributed by atoms with Gasteiger partial charge in [0.2, 0.25) is 10.0 Å². The minimum absolute atomic E-state index is 0.614. The van der Waals surface area contributed by atoms with Crippen molar-refractivity contribution < 1.29 is 8.42 Å². The Bertz CT molecular complexity index is 519. The van der Waals surface area contributed by atoms with Gasteiger partial charge in [-0.3, -0.25) is 4.90 Å². The molecule has 5 nitrogen and oxygen atoms in total. The van der Waals surface area contributed by atoms with Gasteiger partial charge in [-0.25, -0.2) is 8.42 Å². The van der Waals surface area contributed by atoms with Gasteiger partial charge >= 0.3 is 0 Å². The summed E-state index contributed by atoms with van der Waals surface area (Å²) in [5, 5.41) is 5.58. The summed E-state index contributed by atoms with van der Waals surface area (Å²) < 4.78 is 24.4. The average molecular weight is 317 g/mol. The highest BCUT2D eigenvalue weighted by Gasteiger charge is 2.22. The van der Waals surface area contributed by atoms with Crippen molar-refractivity contribution in [3.63, 3.8) is 0 Å². The first kappa shape index (κ1) is 15.9. The van der Waals surface area contributed by atoms with Gasteiger partial charge in [-0.1, -0.05) is 0 Å². The number of nitrogens with one attached hydrogen (secondary N) is 1. The van der Waals surface area contributed by atoms with Crippen molar-refractivity contribution >= 4 is 21.4 Å². The molecule has 1 N–H and O–H groups in total. The lowest BCUT2D eigenvalue weighted by Gasteiger charge is -2.33. The van der Waals surface area contributed by atoms with E-state index < -0.39 is 10.0 Å². The average Bonchev–Trinajstić information content (AvgIpc) is 2.80. The molecule has 0 radical (unpaired) electrons. The summed E-state index contributed by atoms with van der Waals surface area (Å²) in [5.41, 5.74) is 1.35. The molecule has 0 atom stereocenters. The molecule has 1 aromatic rings. The largest absolute Gasteiger partial charge is 0.311 e. The van der Waals surface area contributed by atoms with Crippen LogP contribution < -0.4 is 5.32 Å². The fourth-order valence-electron chi connectivity index (χ4n) is 2.31. The van der Waals surface area contributed by atoms with Gasteiger partial charge in [-0.15, -0.1) is 11.3 Å². The molecule has 114 valence electrons. The van der Waals surface area contributed by atoms with E-state index in [-0.39, 0.29) is 0 Å². The molecule has 2 rings (SSSR count). The topological polar surface area (TPSA) is 52.6 Å². The fourth-order valence-corrected chi connectivity index (χ4v) is 4.01. The molecule has 1 fully saturated rings. The van der Waals surface area contributed by atoms with Gasteiger partial charge in [0.05, 0.1) is 6.26 Å². The third-order valence-electron chi connectivity index (χ3n) is 3.66. The van der Waals surface area contributed by atoms with Crippen LogP contribution in [-0.2, 0) is 16.6 Å². The highest BCUT2D eigenvalue weighted by molar-refractivity contribution is 7.88. The minimum Gasteiger partial charge on any atom is -0.311 e. The molecule has 0 unspecified atom stereocenters. The van der Waals surface area contributed by atoms with Crippen LogP contribution in [0, 0.1) is 6.92 Å². The zero-order valence-electron chi connectivity index (χ0n) is 12.1.